The summed E-state index contributed by atoms with van der Waals surface area (Å²) < 4.78 is 31.6. The minimum absolute atomic E-state index is 0.126. The SMILES string of the molecule is COc1cc(C(N)c2cc(C)cc(F)c2)ccc1F. The fourth-order valence-electron chi connectivity index (χ4n) is 2.01. The molecule has 2 aromatic rings. The van der Waals surface area contributed by atoms with Crippen molar-refractivity contribution >= 4 is 0 Å². The van der Waals surface area contributed by atoms with Gasteiger partial charge in [0.05, 0.1) is 13.2 Å². The molecule has 0 spiro atoms. The molecule has 1 atom stereocenters. The summed E-state index contributed by atoms with van der Waals surface area (Å²) in [7, 11) is 1.39. The van der Waals surface area contributed by atoms with Gasteiger partial charge in [-0.15, -0.1) is 0 Å². The monoisotopic (exact) mass is 263 g/mol. The third kappa shape index (κ3) is 2.90. The Hall–Kier alpha value is -1.94. The van der Waals surface area contributed by atoms with Gasteiger partial charge in [0.2, 0.25) is 0 Å². The van der Waals surface area contributed by atoms with E-state index in [4.69, 9.17) is 10.5 Å². The molecule has 0 amide bonds. The summed E-state index contributed by atoms with van der Waals surface area (Å²) in [5.74, 6) is -0.658. The Kier molecular flexibility index (Phi) is 3.81. The molecular formula is C15H15F2NO. The Balaban J connectivity index is 2.40. The minimum atomic E-state index is -0.524. The number of methoxy groups -OCH3 is 1. The predicted octanol–water partition coefficient (Wildman–Crippen LogP) is 3.33. The Bertz CT molecular complexity index is 578. The average molecular weight is 263 g/mol. The smallest absolute Gasteiger partial charge is 0.165 e. The van der Waals surface area contributed by atoms with E-state index in [2.05, 4.69) is 0 Å². The highest BCUT2D eigenvalue weighted by atomic mass is 19.1. The van der Waals surface area contributed by atoms with Gasteiger partial charge in [0.15, 0.2) is 11.6 Å². The van der Waals surface area contributed by atoms with E-state index in [1.54, 1.807) is 13.0 Å². The first kappa shape index (κ1) is 13.5. The van der Waals surface area contributed by atoms with E-state index in [1.807, 2.05) is 6.07 Å². The number of aryl methyl sites for hydroxylation is 1. The normalized spacial score (nSPS) is 12.3. The first-order valence-electron chi connectivity index (χ1n) is 5.87. The van der Waals surface area contributed by atoms with E-state index in [0.717, 1.165) is 5.56 Å². The van der Waals surface area contributed by atoms with Crippen molar-refractivity contribution in [1.82, 2.24) is 0 Å². The van der Waals surface area contributed by atoms with Gasteiger partial charge in [-0.05, 0) is 47.9 Å². The van der Waals surface area contributed by atoms with Crippen molar-refractivity contribution in [1.29, 1.82) is 0 Å². The van der Waals surface area contributed by atoms with Gasteiger partial charge in [-0.25, -0.2) is 8.78 Å². The summed E-state index contributed by atoms with van der Waals surface area (Å²) in [6.45, 7) is 1.80. The minimum Gasteiger partial charge on any atom is -0.494 e. The second-order valence-electron chi connectivity index (χ2n) is 4.43. The van der Waals surface area contributed by atoms with Gasteiger partial charge >= 0.3 is 0 Å². The van der Waals surface area contributed by atoms with Gasteiger partial charge in [-0.1, -0.05) is 12.1 Å². The van der Waals surface area contributed by atoms with Crippen LogP contribution in [0.1, 0.15) is 22.7 Å². The predicted molar refractivity (Wildman–Crippen MR) is 70.1 cm³/mol. The van der Waals surface area contributed by atoms with E-state index in [0.29, 0.717) is 11.1 Å². The van der Waals surface area contributed by atoms with E-state index in [1.165, 1.54) is 31.4 Å². The molecular weight excluding hydrogens is 248 g/mol. The number of benzene rings is 2. The van der Waals surface area contributed by atoms with Crippen LogP contribution in [0.2, 0.25) is 0 Å². The Morgan fingerprint density at radius 1 is 1.05 bits per heavy atom. The van der Waals surface area contributed by atoms with E-state index < -0.39 is 11.9 Å². The largest absolute Gasteiger partial charge is 0.494 e. The van der Waals surface area contributed by atoms with Crippen LogP contribution < -0.4 is 10.5 Å². The quantitative estimate of drug-likeness (QED) is 0.921. The Morgan fingerprint density at radius 2 is 1.79 bits per heavy atom. The van der Waals surface area contributed by atoms with Crippen molar-refractivity contribution in [2.24, 2.45) is 5.73 Å². The van der Waals surface area contributed by atoms with Crippen molar-refractivity contribution in [2.75, 3.05) is 7.11 Å². The summed E-state index contributed by atoms with van der Waals surface area (Å²) in [5, 5.41) is 0. The number of ether oxygens (including phenoxy) is 1. The molecule has 100 valence electrons. The molecule has 2 N–H and O–H groups in total. The zero-order chi connectivity index (χ0) is 14.0. The summed E-state index contributed by atoms with van der Waals surface area (Å²) in [6.07, 6.45) is 0. The van der Waals surface area contributed by atoms with Crippen LogP contribution in [0.3, 0.4) is 0 Å². The molecule has 4 heteroatoms. The summed E-state index contributed by atoms with van der Waals surface area (Å²) in [6, 6.07) is 8.49. The molecule has 0 saturated carbocycles. The standard InChI is InChI=1S/C15H15F2NO/c1-9-5-11(7-12(16)6-9)15(18)10-3-4-13(17)14(8-10)19-2/h3-8,15H,18H2,1-2H3. The van der Waals surface area contributed by atoms with Gasteiger partial charge < -0.3 is 10.5 Å². The molecule has 0 aliphatic rings. The lowest BCUT2D eigenvalue weighted by molar-refractivity contribution is 0.385. The first-order valence-corrected chi connectivity index (χ1v) is 5.87. The lowest BCUT2D eigenvalue weighted by atomic mass is 9.98. The maximum absolute atomic E-state index is 13.4. The molecule has 2 rings (SSSR count). The highest BCUT2D eigenvalue weighted by Crippen LogP contribution is 2.26. The molecule has 0 heterocycles. The van der Waals surface area contributed by atoms with Crippen molar-refractivity contribution in [2.45, 2.75) is 13.0 Å². The Morgan fingerprint density at radius 3 is 2.42 bits per heavy atom. The molecule has 0 saturated heterocycles. The number of nitrogens with two attached hydrogens (primary N) is 1. The van der Waals surface area contributed by atoms with Crippen molar-refractivity contribution in [3.05, 3.63) is 64.7 Å². The number of halogens is 2. The summed E-state index contributed by atoms with van der Waals surface area (Å²) in [4.78, 5) is 0. The second-order valence-corrected chi connectivity index (χ2v) is 4.43. The molecule has 0 bridgehead atoms. The Labute approximate surface area is 110 Å². The van der Waals surface area contributed by atoms with Crippen LogP contribution in [0.25, 0.3) is 0 Å². The van der Waals surface area contributed by atoms with Crippen molar-refractivity contribution in [3.63, 3.8) is 0 Å². The maximum Gasteiger partial charge on any atom is 0.165 e. The van der Waals surface area contributed by atoms with Gasteiger partial charge in [-0.3, -0.25) is 0 Å². The highest BCUT2D eigenvalue weighted by molar-refractivity contribution is 5.38. The van der Waals surface area contributed by atoms with Crippen LogP contribution in [0.5, 0.6) is 5.75 Å². The van der Waals surface area contributed by atoms with Gasteiger partial charge in [0.1, 0.15) is 5.82 Å². The third-order valence-corrected chi connectivity index (χ3v) is 2.96. The molecule has 19 heavy (non-hydrogen) atoms. The van der Waals surface area contributed by atoms with E-state index >= 15 is 0 Å². The third-order valence-electron chi connectivity index (χ3n) is 2.96. The van der Waals surface area contributed by atoms with Gasteiger partial charge in [-0.2, -0.15) is 0 Å². The van der Waals surface area contributed by atoms with Gasteiger partial charge in [0, 0.05) is 0 Å². The molecule has 2 nitrogen and oxygen atoms in total. The van der Waals surface area contributed by atoms with Crippen LogP contribution in [-0.2, 0) is 0 Å². The van der Waals surface area contributed by atoms with Crippen LogP contribution in [0.4, 0.5) is 8.78 Å². The number of hydrogen-bond acceptors (Lipinski definition) is 2. The topological polar surface area (TPSA) is 35.2 Å². The first-order chi connectivity index (χ1) is 9.01. The zero-order valence-electron chi connectivity index (χ0n) is 10.8. The summed E-state index contributed by atoms with van der Waals surface area (Å²) in [5.41, 5.74) is 8.19. The van der Waals surface area contributed by atoms with Crippen molar-refractivity contribution < 1.29 is 13.5 Å². The van der Waals surface area contributed by atoms with Crippen LogP contribution >= 0.6 is 0 Å². The lowest BCUT2D eigenvalue weighted by Crippen LogP contribution is -2.12. The molecule has 0 fully saturated rings. The maximum atomic E-state index is 13.4. The molecule has 0 aliphatic carbocycles. The molecule has 0 aromatic heterocycles. The summed E-state index contributed by atoms with van der Waals surface area (Å²) >= 11 is 0. The van der Waals surface area contributed by atoms with Crippen LogP contribution in [-0.4, -0.2) is 7.11 Å². The molecule has 1 unspecified atom stereocenters. The zero-order valence-corrected chi connectivity index (χ0v) is 10.8. The van der Waals surface area contributed by atoms with Crippen molar-refractivity contribution in [3.8, 4) is 5.75 Å². The average Bonchev–Trinajstić information content (AvgIpc) is 2.37. The van der Waals surface area contributed by atoms with E-state index in [9.17, 15) is 8.78 Å². The van der Waals surface area contributed by atoms with Gasteiger partial charge in [0.25, 0.3) is 0 Å². The fourth-order valence-corrected chi connectivity index (χ4v) is 2.01. The molecule has 2 aromatic carbocycles. The number of hydrogen-bond donors (Lipinski definition) is 1. The van der Waals surface area contributed by atoms with Crippen LogP contribution in [0.15, 0.2) is 36.4 Å². The molecule has 0 aliphatic heterocycles. The fraction of sp³-hybridized carbons (Fsp3) is 0.200. The lowest BCUT2D eigenvalue weighted by Gasteiger charge is -2.15. The van der Waals surface area contributed by atoms with Crippen LogP contribution in [0, 0.1) is 18.6 Å². The second kappa shape index (κ2) is 5.36. The molecule has 0 radical (unpaired) electrons. The highest BCUT2D eigenvalue weighted by Gasteiger charge is 2.13. The number of rotatable bonds is 3. The van der Waals surface area contributed by atoms with E-state index in [-0.39, 0.29) is 11.6 Å².